The van der Waals surface area contributed by atoms with Crippen LogP contribution in [0.4, 0.5) is 8.78 Å². The highest BCUT2D eigenvalue weighted by atomic mass is 19.3. The predicted molar refractivity (Wildman–Crippen MR) is 41.7 cm³/mol. The maximum atomic E-state index is 11.9. The fourth-order valence-corrected chi connectivity index (χ4v) is 2.33. The molecule has 0 spiro atoms. The molecule has 0 saturated heterocycles. The van der Waals surface area contributed by atoms with E-state index in [9.17, 15) is 18.4 Å². The van der Waals surface area contributed by atoms with E-state index in [1.54, 1.807) is 0 Å². The van der Waals surface area contributed by atoms with Crippen LogP contribution in [-0.2, 0) is 14.3 Å². The van der Waals surface area contributed by atoms with Crippen LogP contribution < -0.4 is 0 Å². The molecule has 0 radical (unpaired) electrons. The molecule has 2 aliphatic carbocycles. The van der Waals surface area contributed by atoms with E-state index in [0.717, 1.165) is 0 Å². The van der Waals surface area contributed by atoms with Crippen molar-refractivity contribution in [3.8, 4) is 0 Å². The quantitative estimate of drug-likeness (QED) is 0.634. The molecule has 78 valence electrons. The fourth-order valence-electron chi connectivity index (χ4n) is 2.33. The van der Waals surface area contributed by atoms with Gasteiger partial charge in [-0.1, -0.05) is 0 Å². The average molecular weight is 204 g/mol. The largest absolute Gasteiger partial charge is 0.458 e. The zero-order chi connectivity index (χ0) is 10.3. The maximum absolute atomic E-state index is 11.9. The SMILES string of the molecule is O=C(OC1CC2CC1CC2=O)C(F)F. The van der Waals surface area contributed by atoms with Gasteiger partial charge in [-0.25, -0.2) is 4.79 Å². The van der Waals surface area contributed by atoms with Crippen LogP contribution in [0.5, 0.6) is 0 Å². The summed E-state index contributed by atoms with van der Waals surface area (Å²) in [7, 11) is 0. The average Bonchev–Trinajstić information content (AvgIpc) is 2.62. The van der Waals surface area contributed by atoms with Gasteiger partial charge in [0.05, 0.1) is 0 Å². The third kappa shape index (κ3) is 1.51. The molecule has 5 heteroatoms. The summed E-state index contributed by atoms with van der Waals surface area (Å²) in [4.78, 5) is 21.7. The highest BCUT2D eigenvalue weighted by molar-refractivity contribution is 5.85. The normalized spacial score (nSPS) is 35.4. The first-order chi connectivity index (χ1) is 6.58. The van der Waals surface area contributed by atoms with Crippen molar-refractivity contribution in [2.24, 2.45) is 11.8 Å². The molecule has 14 heavy (non-hydrogen) atoms. The van der Waals surface area contributed by atoms with Crippen molar-refractivity contribution in [1.29, 1.82) is 0 Å². The first-order valence-electron chi connectivity index (χ1n) is 4.59. The smallest absolute Gasteiger partial charge is 0.374 e. The van der Waals surface area contributed by atoms with E-state index >= 15 is 0 Å². The molecule has 0 amide bonds. The van der Waals surface area contributed by atoms with Crippen LogP contribution in [0.2, 0.25) is 0 Å². The summed E-state index contributed by atoms with van der Waals surface area (Å²) in [6.07, 6.45) is -2.02. The molecule has 2 rings (SSSR count). The Hall–Kier alpha value is -1.00. The van der Waals surface area contributed by atoms with Crippen LogP contribution in [0.3, 0.4) is 0 Å². The molecule has 2 aliphatic rings. The highest BCUT2D eigenvalue weighted by Gasteiger charge is 2.47. The Morgan fingerprint density at radius 1 is 1.43 bits per heavy atom. The monoisotopic (exact) mass is 204 g/mol. The third-order valence-corrected chi connectivity index (χ3v) is 2.99. The first kappa shape index (κ1) is 9.55. The van der Waals surface area contributed by atoms with Crippen LogP contribution in [0, 0.1) is 11.8 Å². The summed E-state index contributed by atoms with van der Waals surface area (Å²) in [6, 6.07) is 0. The predicted octanol–water partition coefficient (Wildman–Crippen LogP) is 1.16. The van der Waals surface area contributed by atoms with Crippen LogP contribution in [-0.4, -0.2) is 24.3 Å². The van der Waals surface area contributed by atoms with Gasteiger partial charge in [-0.3, -0.25) is 4.79 Å². The minimum absolute atomic E-state index is 0.0183. The van der Waals surface area contributed by atoms with Crippen molar-refractivity contribution in [3.63, 3.8) is 0 Å². The van der Waals surface area contributed by atoms with Crippen molar-refractivity contribution in [2.45, 2.75) is 31.8 Å². The molecule has 0 aromatic carbocycles. The first-order valence-corrected chi connectivity index (χ1v) is 4.59. The Labute approximate surface area is 79.4 Å². The van der Waals surface area contributed by atoms with Gasteiger partial charge in [-0.2, -0.15) is 8.78 Å². The van der Waals surface area contributed by atoms with Crippen LogP contribution in [0.15, 0.2) is 0 Å². The molecule has 0 N–H and O–H groups in total. The summed E-state index contributed by atoms with van der Waals surface area (Å²) in [5, 5.41) is 0. The van der Waals surface area contributed by atoms with Gasteiger partial charge in [0.2, 0.25) is 0 Å². The van der Waals surface area contributed by atoms with E-state index < -0.39 is 18.5 Å². The van der Waals surface area contributed by atoms with Gasteiger partial charge >= 0.3 is 12.4 Å². The van der Waals surface area contributed by atoms with E-state index in [-0.39, 0.29) is 17.6 Å². The molecule has 2 fully saturated rings. The van der Waals surface area contributed by atoms with Gasteiger partial charge < -0.3 is 4.74 Å². The number of fused-ring (bicyclic) bond motifs is 2. The minimum Gasteiger partial charge on any atom is -0.458 e. The summed E-state index contributed by atoms with van der Waals surface area (Å²) in [5.41, 5.74) is 0. The van der Waals surface area contributed by atoms with E-state index in [1.165, 1.54) is 0 Å². The summed E-state index contributed by atoms with van der Waals surface area (Å²) in [6.45, 7) is 0. The Morgan fingerprint density at radius 2 is 2.14 bits per heavy atom. The topological polar surface area (TPSA) is 43.4 Å². The molecular formula is C9H10F2O3. The van der Waals surface area contributed by atoms with E-state index in [4.69, 9.17) is 0 Å². The van der Waals surface area contributed by atoms with Crippen LogP contribution >= 0.6 is 0 Å². The van der Waals surface area contributed by atoms with Crippen LogP contribution in [0.25, 0.3) is 0 Å². The molecule has 0 heterocycles. The maximum Gasteiger partial charge on any atom is 0.374 e. The number of hydrogen-bond acceptors (Lipinski definition) is 3. The Bertz CT molecular complexity index is 277. The lowest BCUT2D eigenvalue weighted by Gasteiger charge is -2.20. The number of ketones is 1. The molecule has 0 aromatic rings. The Morgan fingerprint density at radius 3 is 2.57 bits per heavy atom. The van der Waals surface area contributed by atoms with Crippen molar-refractivity contribution < 1.29 is 23.1 Å². The molecule has 0 aliphatic heterocycles. The van der Waals surface area contributed by atoms with Gasteiger partial charge in [0.1, 0.15) is 11.9 Å². The van der Waals surface area contributed by atoms with E-state index in [1.807, 2.05) is 0 Å². The molecule has 3 atom stereocenters. The minimum atomic E-state index is -3.06. The number of halogens is 2. The zero-order valence-corrected chi connectivity index (χ0v) is 7.41. The van der Waals surface area contributed by atoms with E-state index in [2.05, 4.69) is 4.74 Å². The van der Waals surface area contributed by atoms with Crippen molar-refractivity contribution in [2.75, 3.05) is 0 Å². The van der Waals surface area contributed by atoms with Crippen LogP contribution in [0.1, 0.15) is 19.3 Å². The standard InChI is InChI=1S/C9H10F2O3/c10-8(11)9(13)14-7-3-4-1-5(7)2-6(4)12/h4-5,7-8H,1-3H2. The van der Waals surface area contributed by atoms with Gasteiger partial charge in [0.25, 0.3) is 0 Å². The van der Waals surface area contributed by atoms with Gasteiger partial charge in [0, 0.05) is 18.3 Å². The number of carbonyl (C=O) groups is 2. The number of carbonyl (C=O) groups excluding carboxylic acids is 2. The van der Waals surface area contributed by atoms with Gasteiger partial charge in [-0.05, 0) is 12.8 Å². The second kappa shape index (κ2) is 3.29. The Balaban J connectivity index is 1.91. The van der Waals surface area contributed by atoms with Gasteiger partial charge in [0.15, 0.2) is 0 Å². The van der Waals surface area contributed by atoms with Crippen molar-refractivity contribution in [1.82, 2.24) is 0 Å². The van der Waals surface area contributed by atoms with E-state index in [0.29, 0.717) is 19.3 Å². The second-order valence-electron chi connectivity index (χ2n) is 3.87. The van der Waals surface area contributed by atoms with Gasteiger partial charge in [-0.15, -0.1) is 0 Å². The Kier molecular flexibility index (Phi) is 2.25. The molecule has 0 aromatic heterocycles. The summed E-state index contributed by atoms with van der Waals surface area (Å²) < 4.78 is 28.3. The molecular weight excluding hydrogens is 194 g/mol. The molecule has 2 saturated carbocycles. The zero-order valence-electron chi connectivity index (χ0n) is 7.41. The lowest BCUT2D eigenvalue weighted by molar-refractivity contribution is -0.165. The number of rotatable bonds is 2. The number of alkyl halides is 2. The number of Topliss-reactive ketones (excluding diaryl/α,β-unsaturated/α-hetero) is 1. The highest BCUT2D eigenvalue weighted by Crippen LogP contribution is 2.43. The third-order valence-electron chi connectivity index (χ3n) is 2.99. The summed E-state index contributed by atoms with van der Waals surface area (Å²) >= 11 is 0. The summed E-state index contributed by atoms with van der Waals surface area (Å²) in [5.74, 6) is -1.36. The molecule has 3 unspecified atom stereocenters. The van der Waals surface area contributed by atoms with Crippen molar-refractivity contribution in [3.05, 3.63) is 0 Å². The second-order valence-corrected chi connectivity index (χ2v) is 3.87. The fraction of sp³-hybridized carbons (Fsp3) is 0.778. The number of ether oxygens (including phenoxy) is 1. The molecule has 2 bridgehead atoms. The lowest BCUT2D eigenvalue weighted by atomic mass is 9.96. The lowest BCUT2D eigenvalue weighted by Crippen LogP contribution is -2.29. The number of esters is 1. The number of hydrogen-bond donors (Lipinski definition) is 0. The van der Waals surface area contributed by atoms with Crippen molar-refractivity contribution >= 4 is 11.8 Å². The molecule has 3 nitrogen and oxygen atoms in total.